The Labute approximate surface area is 121 Å². The Balaban J connectivity index is 2.02. The van der Waals surface area contributed by atoms with Gasteiger partial charge in [0.2, 0.25) is 0 Å². The van der Waals surface area contributed by atoms with Crippen LogP contribution >= 0.6 is 0 Å². The molecule has 0 radical (unpaired) electrons. The molecule has 1 aromatic heterocycles. The van der Waals surface area contributed by atoms with Gasteiger partial charge >= 0.3 is 0 Å². The fourth-order valence-electron chi connectivity index (χ4n) is 3.23. The molecule has 0 saturated carbocycles. The van der Waals surface area contributed by atoms with Gasteiger partial charge in [0.1, 0.15) is 0 Å². The van der Waals surface area contributed by atoms with Gasteiger partial charge in [-0.1, -0.05) is 12.1 Å². The molecule has 0 amide bonds. The lowest BCUT2D eigenvalue weighted by Crippen LogP contribution is -2.18. The van der Waals surface area contributed by atoms with E-state index in [1.54, 1.807) is 0 Å². The molecule has 3 heteroatoms. The third-order valence-corrected chi connectivity index (χ3v) is 4.37. The topological polar surface area (TPSA) is 34.2 Å². The standard InChI is InChI=1S/C17H25N3/c1-13(2)20-12-15(11-19-7-3-4-8-19)16-6-5-14(10-18)9-17(16)20/h5-6,9,12-13H,3-4,7-8,10-11,18H2,1-2H3. The van der Waals surface area contributed by atoms with E-state index in [1.807, 2.05) is 0 Å². The van der Waals surface area contributed by atoms with E-state index in [-0.39, 0.29) is 0 Å². The Kier molecular flexibility index (Phi) is 3.81. The van der Waals surface area contributed by atoms with Gasteiger partial charge in [-0.25, -0.2) is 0 Å². The monoisotopic (exact) mass is 271 g/mol. The third-order valence-electron chi connectivity index (χ3n) is 4.37. The Hall–Kier alpha value is -1.32. The van der Waals surface area contributed by atoms with Gasteiger partial charge in [-0.3, -0.25) is 4.90 Å². The van der Waals surface area contributed by atoms with Crippen molar-refractivity contribution in [3.8, 4) is 0 Å². The van der Waals surface area contributed by atoms with Crippen molar-refractivity contribution < 1.29 is 0 Å². The average Bonchev–Trinajstić information content (AvgIpc) is 3.07. The molecular weight excluding hydrogens is 246 g/mol. The summed E-state index contributed by atoms with van der Waals surface area (Å²) in [6, 6.07) is 7.16. The quantitative estimate of drug-likeness (QED) is 0.926. The van der Waals surface area contributed by atoms with Crippen LogP contribution < -0.4 is 5.73 Å². The minimum Gasteiger partial charge on any atom is -0.345 e. The third kappa shape index (κ3) is 2.48. The maximum Gasteiger partial charge on any atom is 0.0489 e. The number of fused-ring (bicyclic) bond motifs is 1. The zero-order chi connectivity index (χ0) is 14.1. The van der Waals surface area contributed by atoms with E-state index in [4.69, 9.17) is 5.73 Å². The first-order valence-electron chi connectivity index (χ1n) is 7.74. The van der Waals surface area contributed by atoms with Gasteiger partial charge in [0, 0.05) is 36.2 Å². The number of aromatic nitrogens is 1. The van der Waals surface area contributed by atoms with Gasteiger partial charge in [0.05, 0.1) is 0 Å². The number of likely N-dealkylation sites (tertiary alicyclic amines) is 1. The van der Waals surface area contributed by atoms with Crippen molar-refractivity contribution in [3.05, 3.63) is 35.5 Å². The Bertz CT molecular complexity index is 592. The highest BCUT2D eigenvalue weighted by molar-refractivity contribution is 5.84. The highest BCUT2D eigenvalue weighted by atomic mass is 15.1. The van der Waals surface area contributed by atoms with Crippen LogP contribution in [-0.2, 0) is 13.1 Å². The van der Waals surface area contributed by atoms with Gasteiger partial charge in [0.15, 0.2) is 0 Å². The average molecular weight is 271 g/mol. The van der Waals surface area contributed by atoms with Gasteiger partial charge in [0.25, 0.3) is 0 Å². The molecule has 0 aliphatic carbocycles. The van der Waals surface area contributed by atoms with Crippen molar-refractivity contribution in [2.75, 3.05) is 13.1 Å². The smallest absolute Gasteiger partial charge is 0.0489 e. The molecule has 1 aliphatic rings. The molecule has 2 heterocycles. The number of nitrogens with two attached hydrogens (primary N) is 1. The lowest BCUT2D eigenvalue weighted by molar-refractivity contribution is 0.332. The zero-order valence-electron chi connectivity index (χ0n) is 12.6. The number of nitrogens with zero attached hydrogens (tertiary/aromatic N) is 2. The van der Waals surface area contributed by atoms with E-state index < -0.39 is 0 Å². The molecule has 3 rings (SSSR count). The van der Waals surface area contributed by atoms with E-state index in [1.165, 1.54) is 48.0 Å². The van der Waals surface area contributed by atoms with Crippen LogP contribution in [0.15, 0.2) is 24.4 Å². The summed E-state index contributed by atoms with van der Waals surface area (Å²) in [5.41, 5.74) is 9.79. The summed E-state index contributed by atoms with van der Waals surface area (Å²) >= 11 is 0. The molecule has 0 bridgehead atoms. The first-order chi connectivity index (χ1) is 9.69. The fourth-order valence-corrected chi connectivity index (χ4v) is 3.23. The first-order valence-corrected chi connectivity index (χ1v) is 7.74. The normalized spacial score (nSPS) is 16.6. The summed E-state index contributed by atoms with van der Waals surface area (Å²) in [7, 11) is 0. The van der Waals surface area contributed by atoms with E-state index in [9.17, 15) is 0 Å². The molecule has 20 heavy (non-hydrogen) atoms. The Morgan fingerprint density at radius 3 is 2.60 bits per heavy atom. The van der Waals surface area contributed by atoms with Crippen molar-refractivity contribution in [2.24, 2.45) is 5.73 Å². The molecule has 1 aromatic carbocycles. The van der Waals surface area contributed by atoms with Crippen molar-refractivity contribution in [3.63, 3.8) is 0 Å². The van der Waals surface area contributed by atoms with E-state index in [0.717, 1.165) is 6.54 Å². The maximum atomic E-state index is 5.79. The molecule has 2 aromatic rings. The SMILES string of the molecule is CC(C)n1cc(CN2CCCC2)c2ccc(CN)cc21. The minimum absolute atomic E-state index is 0.484. The van der Waals surface area contributed by atoms with Crippen LogP contribution in [0.4, 0.5) is 0 Å². The largest absolute Gasteiger partial charge is 0.345 e. The second-order valence-electron chi connectivity index (χ2n) is 6.19. The van der Waals surface area contributed by atoms with Crippen molar-refractivity contribution in [2.45, 2.75) is 45.8 Å². The summed E-state index contributed by atoms with van der Waals surface area (Å²) in [5, 5.41) is 1.39. The van der Waals surface area contributed by atoms with E-state index in [0.29, 0.717) is 12.6 Å². The molecule has 0 unspecified atom stereocenters. The second kappa shape index (κ2) is 5.58. The summed E-state index contributed by atoms with van der Waals surface area (Å²) in [6.45, 7) is 8.67. The van der Waals surface area contributed by atoms with Crippen molar-refractivity contribution in [1.29, 1.82) is 0 Å². The van der Waals surface area contributed by atoms with Gasteiger partial charge in [-0.2, -0.15) is 0 Å². The lowest BCUT2D eigenvalue weighted by atomic mass is 10.1. The van der Waals surface area contributed by atoms with Crippen LogP contribution in [0.3, 0.4) is 0 Å². The molecule has 1 aliphatic heterocycles. The number of hydrogen-bond acceptors (Lipinski definition) is 2. The molecule has 0 atom stereocenters. The summed E-state index contributed by atoms with van der Waals surface area (Å²) in [5.74, 6) is 0. The summed E-state index contributed by atoms with van der Waals surface area (Å²) in [4.78, 5) is 2.57. The molecule has 2 N–H and O–H groups in total. The Morgan fingerprint density at radius 2 is 1.95 bits per heavy atom. The van der Waals surface area contributed by atoms with E-state index in [2.05, 4.69) is 47.7 Å². The van der Waals surface area contributed by atoms with Gasteiger partial charge < -0.3 is 10.3 Å². The number of hydrogen-bond donors (Lipinski definition) is 1. The van der Waals surface area contributed by atoms with Crippen LogP contribution in [0.1, 0.15) is 43.9 Å². The zero-order valence-corrected chi connectivity index (χ0v) is 12.6. The predicted octanol–water partition coefficient (Wildman–Crippen LogP) is 3.28. The van der Waals surface area contributed by atoms with Gasteiger partial charge in [-0.15, -0.1) is 0 Å². The van der Waals surface area contributed by atoms with Crippen molar-refractivity contribution >= 4 is 10.9 Å². The summed E-state index contributed by atoms with van der Waals surface area (Å²) < 4.78 is 2.39. The van der Waals surface area contributed by atoms with Crippen molar-refractivity contribution in [1.82, 2.24) is 9.47 Å². The van der Waals surface area contributed by atoms with Crippen LogP contribution in [0.25, 0.3) is 10.9 Å². The first kappa shape index (κ1) is 13.7. The molecule has 108 valence electrons. The van der Waals surface area contributed by atoms with Crippen LogP contribution in [0.5, 0.6) is 0 Å². The Morgan fingerprint density at radius 1 is 1.20 bits per heavy atom. The lowest BCUT2D eigenvalue weighted by Gasteiger charge is -2.13. The molecule has 0 spiro atoms. The number of rotatable bonds is 4. The molecule has 1 saturated heterocycles. The molecular formula is C17H25N3. The minimum atomic E-state index is 0.484. The number of benzene rings is 1. The second-order valence-corrected chi connectivity index (χ2v) is 6.19. The predicted molar refractivity (Wildman–Crippen MR) is 84.7 cm³/mol. The maximum absolute atomic E-state index is 5.79. The van der Waals surface area contributed by atoms with Crippen LogP contribution in [0.2, 0.25) is 0 Å². The summed E-state index contributed by atoms with van der Waals surface area (Å²) in [6.07, 6.45) is 5.04. The fraction of sp³-hybridized carbons (Fsp3) is 0.529. The van der Waals surface area contributed by atoms with Crippen LogP contribution in [0, 0.1) is 0 Å². The van der Waals surface area contributed by atoms with Gasteiger partial charge in [-0.05, 0) is 57.0 Å². The molecule has 1 fully saturated rings. The van der Waals surface area contributed by atoms with E-state index >= 15 is 0 Å². The highest BCUT2D eigenvalue weighted by Crippen LogP contribution is 2.27. The van der Waals surface area contributed by atoms with Crippen LogP contribution in [-0.4, -0.2) is 22.6 Å². The molecule has 3 nitrogen and oxygen atoms in total. The highest BCUT2D eigenvalue weighted by Gasteiger charge is 2.16.